The normalized spacial score (nSPS) is 15.2. The predicted octanol–water partition coefficient (Wildman–Crippen LogP) is 3.61. The van der Waals surface area contributed by atoms with E-state index in [2.05, 4.69) is 15.4 Å². The fourth-order valence-electron chi connectivity index (χ4n) is 3.26. The van der Waals surface area contributed by atoms with Crippen LogP contribution in [0.2, 0.25) is 0 Å². The van der Waals surface area contributed by atoms with Crippen molar-refractivity contribution >= 4 is 34.9 Å². The number of methoxy groups -OCH3 is 2. The van der Waals surface area contributed by atoms with Crippen molar-refractivity contribution in [2.45, 2.75) is 12.5 Å². The molecule has 0 aromatic heterocycles. The van der Waals surface area contributed by atoms with Crippen LogP contribution in [0.25, 0.3) is 0 Å². The maximum atomic E-state index is 13.2. The van der Waals surface area contributed by atoms with Gasteiger partial charge in [0, 0.05) is 17.6 Å². The van der Waals surface area contributed by atoms with Gasteiger partial charge in [-0.05, 0) is 35.5 Å². The zero-order valence-corrected chi connectivity index (χ0v) is 18.5. The molecule has 164 valence electrons. The molecule has 0 radical (unpaired) electrons. The zero-order chi connectivity index (χ0) is 23.1. The summed E-state index contributed by atoms with van der Waals surface area (Å²) >= 11 is 5.13. The maximum absolute atomic E-state index is 13.2. The summed E-state index contributed by atoms with van der Waals surface area (Å²) < 4.78 is 9.75. The largest absolute Gasteiger partial charge is 0.497 e. The summed E-state index contributed by atoms with van der Waals surface area (Å²) in [5, 5.41) is 14.1. The van der Waals surface area contributed by atoms with Crippen LogP contribution in [0.1, 0.15) is 15.9 Å². The lowest BCUT2D eigenvalue weighted by Crippen LogP contribution is -2.48. The zero-order valence-electron chi connectivity index (χ0n) is 17.7. The molecule has 0 spiro atoms. The summed E-state index contributed by atoms with van der Waals surface area (Å²) in [7, 11) is 2.83. The number of rotatable bonds is 6. The Kier molecular flexibility index (Phi) is 7.51. The van der Waals surface area contributed by atoms with E-state index in [0.29, 0.717) is 23.1 Å². The second kappa shape index (κ2) is 10.5. The van der Waals surface area contributed by atoms with Crippen molar-refractivity contribution in [3.63, 3.8) is 0 Å². The van der Waals surface area contributed by atoms with Crippen LogP contribution in [0, 0.1) is 5.41 Å². The van der Waals surface area contributed by atoms with Crippen LogP contribution in [0.4, 0.5) is 4.79 Å². The van der Waals surface area contributed by atoms with Gasteiger partial charge < -0.3 is 20.2 Å². The third kappa shape index (κ3) is 5.47. The molecule has 1 aliphatic rings. The summed E-state index contributed by atoms with van der Waals surface area (Å²) in [6.07, 6.45) is 3.05. The summed E-state index contributed by atoms with van der Waals surface area (Å²) in [6, 6.07) is 15.8. The number of alkyl carbamates (subject to hydrolysis) is 1. The predicted molar refractivity (Wildman–Crippen MR) is 126 cm³/mol. The van der Waals surface area contributed by atoms with Gasteiger partial charge in [-0.3, -0.25) is 10.1 Å². The first-order valence-electron chi connectivity index (χ1n) is 9.81. The van der Waals surface area contributed by atoms with Gasteiger partial charge in [0.1, 0.15) is 5.75 Å². The van der Waals surface area contributed by atoms with Gasteiger partial charge in [-0.1, -0.05) is 54.6 Å². The van der Waals surface area contributed by atoms with Crippen molar-refractivity contribution in [1.29, 1.82) is 5.41 Å². The minimum Gasteiger partial charge on any atom is -0.497 e. The van der Waals surface area contributed by atoms with Gasteiger partial charge in [0.15, 0.2) is 10.9 Å². The van der Waals surface area contributed by atoms with E-state index in [1.165, 1.54) is 7.11 Å². The maximum Gasteiger partial charge on any atom is 0.413 e. The minimum atomic E-state index is -0.706. The van der Waals surface area contributed by atoms with E-state index >= 15 is 0 Å². The minimum absolute atomic E-state index is 0.0258. The first kappa shape index (κ1) is 22.9. The van der Waals surface area contributed by atoms with E-state index in [1.54, 1.807) is 43.5 Å². The number of hydrogen-bond donors (Lipinski definition) is 3. The Morgan fingerprint density at radius 1 is 1.06 bits per heavy atom. The number of ketones is 1. The van der Waals surface area contributed by atoms with Crippen LogP contribution in [0.15, 0.2) is 77.9 Å². The molecule has 0 heterocycles. The lowest BCUT2D eigenvalue weighted by molar-refractivity contribution is 0.103. The molecule has 0 bridgehead atoms. The topological polar surface area (TPSA) is 101 Å². The number of Topliss-reactive ketones (excluding diaryl/α,β-unsaturated/α-hetero) is 1. The molecule has 3 N–H and O–H groups in total. The van der Waals surface area contributed by atoms with Crippen LogP contribution in [-0.4, -0.2) is 43.0 Å². The Morgan fingerprint density at radius 2 is 1.75 bits per heavy atom. The fourth-order valence-corrected chi connectivity index (χ4v) is 3.47. The highest BCUT2D eigenvalue weighted by Crippen LogP contribution is 2.25. The summed E-state index contributed by atoms with van der Waals surface area (Å²) in [5.41, 5.74) is 2.68. The van der Waals surface area contributed by atoms with Crippen molar-refractivity contribution in [3.05, 3.63) is 89.0 Å². The molecule has 3 rings (SSSR count). The average molecular weight is 450 g/mol. The monoisotopic (exact) mass is 449 g/mol. The molecule has 1 amide bonds. The van der Waals surface area contributed by atoms with Gasteiger partial charge >= 0.3 is 6.09 Å². The summed E-state index contributed by atoms with van der Waals surface area (Å²) in [4.78, 5) is 24.6. The number of thiocarbonyl (C=S) groups is 1. The van der Waals surface area contributed by atoms with Gasteiger partial charge in [-0.15, -0.1) is 0 Å². The van der Waals surface area contributed by atoms with Crippen LogP contribution >= 0.6 is 12.2 Å². The van der Waals surface area contributed by atoms with Crippen LogP contribution in [0.5, 0.6) is 5.75 Å². The summed E-state index contributed by atoms with van der Waals surface area (Å²) in [6.45, 7) is 0. The molecule has 1 aliphatic carbocycles. The molecule has 32 heavy (non-hydrogen) atoms. The van der Waals surface area contributed by atoms with E-state index in [9.17, 15) is 9.59 Å². The molecular weight excluding hydrogens is 426 g/mol. The second-order valence-electron chi connectivity index (χ2n) is 6.95. The lowest BCUT2D eigenvalue weighted by Gasteiger charge is -2.25. The molecule has 0 saturated heterocycles. The van der Waals surface area contributed by atoms with Crippen LogP contribution in [0.3, 0.4) is 0 Å². The number of allylic oxidation sites excluding steroid dienone is 2. The molecule has 7 nitrogen and oxygen atoms in total. The van der Waals surface area contributed by atoms with E-state index < -0.39 is 12.1 Å². The number of hydrogen-bond acceptors (Lipinski definition) is 6. The Hall–Kier alpha value is -3.78. The highest BCUT2D eigenvalue weighted by Gasteiger charge is 2.27. The van der Waals surface area contributed by atoms with Crippen molar-refractivity contribution < 1.29 is 19.1 Å². The Morgan fingerprint density at radius 3 is 2.38 bits per heavy atom. The Labute approximate surface area is 191 Å². The SMILES string of the molecule is COC(=O)NC(=S)NC1C=CC(C(=O)c2ccccc2)=C(Cc2ccc(OC)cc2)C1=N. The quantitative estimate of drug-likeness (QED) is 0.460. The number of carbonyl (C=O) groups is 2. The fraction of sp³-hybridized carbons (Fsp3) is 0.167. The van der Waals surface area contributed by atoms with Crippen molar-refractivity contribution in [3.8, 4) is 5.75 Å². The first-order valence-corrected chi connectivity index (χ1v) is 10.2. The molecule has 0 fully saturated rings. The molecular formula is C24H23N3O4S. The molecule has 0 aliphatic heterocycles. The second-order valence-corrected chi connectivity index (χ2v) is 7.36. The average Bonchev–Trinajstić information content (AvgIpc) is 2.82. The molecule has 8 heteroatoms. The molecule has 1 atom stereocenters. The highest BCUT2D eigenvalue weighted by atomic mass is 32.1. The number of ether oxygens (including phenoxy) is 2. The molecule has 2 aromatic rings. The number of amides is 1. The van der Waals surface area contributed by atoms with Crippen LogP contribution in [-0.2, 0) is 11.2 Å². The van der Waals surface area contributed by atoms with E-state index in [-0.39, 0.29) is 16.6 Å². The molecule has 2 aromatic carbocycles. The van der Waals surface area contributed by atoms with Crippen molar-refractivity contribution in [1.82, 2.24) is 10.6 Å². The Bertz CT molecular complexity index is 1090. The van der Waals surface area contributed by atoms with Crippen molar-refractivity contribution in [2.24, 2.45) is 0 Å². The smallest absolute Gasteiger partial charge is 0.413 e. The van der Waals surface area contributed by atoms with Gasteiger partial charge in [-0.25, -0.2) is 4.79 Å². The Balaban J connectivity index is 1.92. The van der Waals surface area contributed by atoms with Gasteiger partial charge in [-0.2, -0.15) is 0 Å². The van der Waals surface area contributed by atoms with E-state index in [0.717, 1.165) is 11.3 Å². The third-order valence-corrected chi connectivity index (χ3v) is 5.14. The third-order valence-electron chi connectivity index (χ3n) is 4.92. The number of carbonyl (C=O) groups excluding carboxylic acids is 2. The standard InChI is InChI=1S/C24H23N3O4S/c1-30-17-10-8-15(9-11-17)14-19-18(22(28)16-6-4-3-5-7-16)12-13-20(21(19)25)26-23(32)27-24(29)31-2/h3-13,20,25H,14H2,1-2H3,(H2,26,27,29,32). The van der Waals surface area contributed by atoms with Gasteiger partial charge in [0.25, 0.3) is 0 Å². The highest BCUT2D eigenvalue weighted by molar-refractivity contribution is 7.80. The summed E-state index contributed by atoms with van der Waals surface area (Å²) in [5.74, 6) is 0.560. The molecule has 0 saturated carbocycles. The number of nitrogens with one attached hydrogen (secondary N) is 3. The number of benzene rings is 2. The van der Waals surface area contributed by atoms with Gasteiger partial charge in [0.05, 0.1) is 26.0 Å². The molecule has 1 unspecified atom stereocenters. The lowest BCUT2D eigenvalue weighted by atomic mass is 9.85. The van der Waals surface area contributed by atoms with Crippen molar-refractivity contribution in [2.75, 3.05) is 14.2 Å². The van der Waals surface area contributed by atoms with E-state index in [4.69, 9.17) is 22.4 Å². The van der Waals surface area contributed by atoms with Gasteiger partial charge in [0.2, 0.25) is 0 Å². The first-order chi connectivity index (χ1) is 15.4. The van der Waals surface area contributed by atoms with Crippen LogP contribution < -0.4 is 15.4 Å². The van der Waals surface area contributed by atoms with E-state index in [1.807, 2.05) is 30.3 Å².